The van der Waals surface area contributed by atoms with E-state index in [0.29, 0.717) is 5.88 Å². The molecule has 0 radical (unpaired) electrons. The molecule has 4 heteroatoms. The molecule has 1 aliphatic rings. The van der Waals surface area contributed by atoms with Gasteiger partial charge in [0.1, 0.15) is 6.33 Å². The summed E-state index contributed by atoms with van der Waals surface area (Å²) < 4.78 is 5.11. The van der Waals surface area contributed by atoms with E-state index in [4.69, 9.17) is 16.3 Å². The Morgan fingerprint density at radius 3 is 2.72 bits per heavy atom. The molecule has 0 aliphatic heterocycles. The lowest BCUT2D eigenvalue weighted by atomic mass is 9.72. The molecule has 1 atom stereocenters. The van der Waals surface area contributed by atoms with Gasteiger partial charge in [-0.05, 0) is 18.3 Å². The van der Waals surface area contributed by atoms with Crippen molar-refractivity contribution in [2.75, 3.05) is 7.11 Å². The molecule has 1 saturated carbocycles. The monoisotopic (exact) mass is 268 g/mol. The predicted molar refractivity (Wildman–Crippen MR) is 73.1 cm³/mol. The number of ether oxygens (including phenoxy) is 1. The Hall–Kier alpha value is -0.830. The van der Waals surface area contributed by atoms with E-state index < -0.39 is 0 Å². The molecule has 0 bridgehead atoms. The number of hydrogen-bond donors (Lipinski definition) is 0. The summed E-state index contributed by atoms with van der Waals surface area (Å²) in [7, 11) is 1.62. The van der Waals surface area contributed by atoms with E-state index in [-0.39, 0.29) is 10.8 Å². The average molecular weight is 269 g/mol. The van der Waals surface area contributed by atoms with Crippen LogP contribution in [-0.4, -0.2) is 22.5 Å². The van der Waals surface area contributed by atoms with Gasteiger partial charge >= 0.3 is 0 Å². The van der Waals surface area contributed by atoms with E-state index in [1.807, 2.05) is 6.07 Å². The zero-order chi connectivity index (χ0) is 13.0. The lowest BCUT2D eigenvalue weighted by Gasteiger charge is -2.37. The summed E-state index contributed by atoms with van der Waals surface area (Å²) in [5.41, 5.74) is 1.21. The Kier molecular flexibility index (Phi) is 4.44. The molecule has 1 aromatic rings. The molecular weight excluding hydrogens is 248 g/mol. The molecule has 1 heterocycles. The minimum atomic E-state index is 0.136. The molecular formula is C14H21ClN2O. The number of halogens is 1. The SMILES string of the molecule is COc1cc(CC(Cl)C2(C)CCCCC2)ncn1. The number of aromatic nitrogens is 2. The molecule has 0 amide bonds. The van der Waals surface area contributed by atoms with Gasteiger partial charge in [-0.2, -0.15) is 0 Å². The first-order valence-corrected chi connectivity index (χ1v) is 7.07. The van der Waals surface area contributed by atoms with Crippen molar-refractivity contribution in [1.29, 1.82) is 0 Å². The van der Waals surface area contributed by atoms with Gasteiger partial charge in [-0.3, -0.25) is 0 Å². The highest BCUT2D eigenvalue weighted by molar-refractivity contribution is 6.21. The fourth-order valence-corrected chi connectivity index (χ4v) is 3.08. The van der Waals surface area contributed by atoms with Gasteiger partial charge in [0.05, 0.1) is 7.11 Å². The molecule has 0 spiro atoms. The van der Waals surface area contributed by atoms with Gasteiger partial charge in [0, 0.05) is 23.6 Å². The minimum Gasteiger partial charge on any atom is -0.481 e. The summed E-state index contributed by atoms with van der Waals surface area (Å²) in [6, 6.07) is 1.88. The van der Waals surface area contributed by atoms with Gasteiger partial charge in [-0.25, -0.2) is 9.97 Å². The predicted octanol–water partition coefficient (Wildman–Crippen LogP) is 3.61. The molecule has 1 aromatic heterocycles. The topological polar surface area (TPSA) is 35.0 Å². The van der Waals surface area contributed by atoms with Crippen LogP contribution in [-0.2, 0) is 6.42 Å². The van der Waals surface area contributed by atoms with E-state index >= 15 is 0 Å². The zero-order valence-corrected chi connectivity index (χ0v) is 11.9. The average Bonchev–Trinajstić information content (AvgIpc) is 2.40. The first-order valence-electron chi connectivity index (χ1n) is 6.63. The summed E-state index contributed by atoms with van der Waals surface area (Å²) in [6.45, 7) is 2.31. The number of nitrogens with zero attached hydrogens (tertiary/aromatic N) is 2. The number of rotatable bonds is 4. The molecule has 100 valence electrons. The third-order valence-corrected chi connectivity index (χ3v) is 4.73. The van der Waals surface area contributed by atoms with Crippen molar-refractivity contribution in [2.24, 2.45) is 5.41 Å². The van der Waals surface area contributed by atoms with Gasteiger partial charge in [0.15, 0.2) is 0 Å². The zero-order valence-electron chi connectivity index (χ0n) is 11.2. The summed E-state index contributed by atoms with van der Waals surface area (Å²) in [6.07, 6.45) is 8.73. The third kappa shape index (κ3) is 3.14. The fourth-order valence-electron chi connectivity index (χ4n) is 2.70. The Morgan fingerprint density at radius 2 is 2.06 bits per heavy atom. The van der Waals surface area contributed by atoms with Crippen LogP contribution in [0.4, 0.5) is 0 Å². The van der Waals surface area contributed by atoms with E-state index in [1.165, 1.54) is 32.1 Å². The van der Waals surface area contributed by atoms with Crippen LogP contribution in [0.15, 0.2) is 12.4 Å². The lowest BCUT2D eigenvalue weighted by molar-refractivity contribution is 0.204. The highest BCUT2D eigenvalue weighted by Gasteiger charge is 2.34. The van der Waals surface area contributed by atoms with Crippen LogP contribution in [0.1, 0.15) is 44.7 Å². The van der Waals surface area contributed by atoms with E-state index in [2.05, 4.69) is 16.9 Å². The van der Waals surface area contributed by atoms with Crippen molar-refractivity contribution < 1.29 is 4.74 Å². The fraction of sp³-hybridized carbons (Fsp3) is 0.714. The number of alkyl halides is 1. The first kappa shape index (κ1) is 13.6. The van der Waals surface area contributed by atoms with Crippen LogP contribution in [0.3, 0.4) is 0 Å². The Bertz CT molecular complexity index is 391. The van der Waals surface area contributed by atoms with Gasteiger partial charge in [-0.15, -0.1) is 11.6 Å². The summed E-state index contributed by atoms with van der Waals surface area (Å²) in [5, 5.41) is 0.136. The van der Waals surface area contributed by atoms with Gasteiger partial charge in [0.25, 0.3) is 0 Å². The smallest absolute Gasteiger partial charge is 0.216 e. The van der Waals surface area contributed by atoms with Crippen LogP contribution >= 0.6 is 11.6 Å². The summed E-state index contributed by atoms with van der Waals surface area (Å²) >= 11 is 6.63. The first-order chi connectivity index (χ1) is 8.64. The van der Waals surface area contributed by atoms with Crippen LogP contribution in [0.2, 0.25) is 0 Å². The van der Waals surface area contributed by atoms with Crippen molar-refractivity contribution in [3.63, 3.8) is 0 Å². The van der Waals surface area contributed by atoms with Crippen molar-refractivity contribution in [3.05, 3.63) is 18.1 Å². The molecule has 2 rings (SSSR count). The van der Waals surface area contributed by atoms with E-state index in [0.717, 1.165) is 12.1 Å². The van der Waals surface area contributed by atoms with Crippen LogP contribution < -0.4 is 4.74 Å². The second-order valence-corrected chi connectivity index (χ2v) is 5.96. The minimum absolute atomic E-state index is 0.136. The van der Waals surface area contributed by atoms with Crippen molar-refractivity contribution in [2.45, 2.75) is 50.8 Å². The van der Waals surface area contributed by atoms with Crippen molar-refractivity contribution in [1.82, 2.24) is 9.97 Å². The highest BCUT2D eigenvalue weighted by Crippen LogP contribution is 2.42. The van der Waals surface area contributed by atoms with Crippen molar-refractivity contribution in [3.8, 4) is 5.88 Å². The highest BCUT2D eigenvalue weighted by atomic mass is 35.5. The molecule has 0 N–H and O–H groups in total. The maximum absolute atomic E-state index is 6.63. The van der Waals surface area contributed by atoms with Gasteiger partial charge < -0.3 is 4.74 Å². The molecule has 1 aliphatic carbocycles. The quantitative estimate of drug-likeness (QED) is 0.783. The Labute approximate surface area is 114 Å². The second kappa shape index (κ2) is 5.87. The maximum Gasteiger partial charge on any atom is 0.216 e. The molecule has 1 fully saturated rings. The van der Waals surface area contributed by atoms with Crippen molar-refractivity contribution >= 4 is 11.6 Å². The van der Waals surface area contributed by atoms with E-state index in [9.17, 15) is 0 Å². The standard InChI is InChI=1S/C14H21ClN2O/c1-14(6-4-3-5-7-14)12(15)8-11-9-13(18-2)17-10-16-11/h9-10,12H,3-8H2,1-2H3. The molecule has 0 aromatic carbocycles. The summed E-state index contributed by atoms with van der Waals surface area (Å²) in [5.74, 6) is 0.609. The maximum atomic E-state index is 6.63. The molecule has 3 nitrogen and oxygen atoms in total. The summed E-state index contributed by atoms with van der Waals surface area (Å²) in [4.78, 5) is 8.30. The van der Waals surface area contributed by atoms with Crippen LogP contribution in [0, 0.1) is 5.41 Å². The lowest BCUT2D eigenvalue weighted by Crippen LogP contribution is -2.32. The second-order valence-electron chi connectivity index (χ2n) is 5.44. The Morgan fingerprint density at radius 1 is 1.33 bits per heavy atom. The molecule has 1 unspecified atom stereocenters. The normalized spacial score (nSPS) is 20.4. The Balaban J connectivity index is 2.03. The third-order valence-electron chi connectivity index (χ3n) is 4.05. The number of hydrogen-bond acceptors (Lipinski definition) is 3. The number of methoxy groups -OCH3 is 1. The molecule has 18 heavy (non-hydrogen) atoms. The van der Waals surface area contributed by atoms with Crippen LogP contribution in [0.5, 0.6) is 5.88 Å². The van der Waals surface area contributed by atoms with Gasteiger partial charge in [0.2, 0.25) is 5.88 Å². The van der Waals surface area contributed by atoms with E-state index in [1.54, 1.807) is 13.4 Å². The van der Waals surface area contributed by atoms with Gasteiger partial charge in [-0.1, -0.05) is 26.2 Å². The molecule has 0 saturated heterocycles. The van der Waals surface area contributed by atoms with Crippen LogP contribution in [0.25, 0.3) is 0 Å². The largest absolute Gasteiger partial charge is 0.481 e.